The minimum Gasteiger partial charge on any atom is -0.324 e. The molecule has 0 saturated heterocycles. The van der Waals surface area contributed by atoms with Crippen molar-refractivity contribution in [3.8, 4) is 0 Å². The van der Waals surface area contributed by atoms with Gasteiger partial charge >= 0.3 is 0 Å². The summed E-state index contributed by atoms with van der Waals surface area (Å²) < 4.78 is 25.8. The van der Waals surface area contributed by atoms with E-state index in [1.165, 1.54) is 19.2 Å². The fourth-order valence-electron chi connectivity index (χ4n) is 2.52. The molecule has 0 aliphatic carbocycles. The molecule has 0 aromatic heterocycles. The highest BCUT2D eigenvalue weighted by Gasteiger charge is 2.45. The van der Waals surface area contributed by atoms with E-state index < -0.39 is 27.8 Å². The number of ketones is 1. The minimum atomic E-state index is -3.89. The molecule has 1 amide bonds. The summed E-state index contributed by atoms with van der Waals surface area (Å²) in [5.41, 5.74) is 0.536. The van der Waals surface area contributed by atoms with Crippen LogP contribution < -0.4 is 5.32 Å². The molecule has 7 heteroatoms. The maximum absolute atomic E-state index is 12.6. The molecule has 2 aromatic carbocycles. The lowest BCUT2D eigenvalue weighted by molar-refractivity contribution is -0.118. The van der Waals surface area contributed by atoms with Crippen molar-refractivity contribution in [3.05, 3.63) is 60.2 Å². The quantitative estimate of drug-likeness (QED) is 0.846. The Labute approximate surface area is 133 Å². The molecule has 23 heavy (non-hydrogen) atoms. The van der Waals surface area contributed by atoms with Crippen molar-refractivity contribution in [2.45, 2.75) is 10.9 Å². The Morgan fingerprint density at radius 3 is 2.35 bits per heavy atom. The molecule has 1 aliphatic rings. The van der Waals surface area contributed by atoms with Gasteiger partial charge in [0.05, 0.1) is 4.90 Å². The van der Waals surface area contributed by atoms with Crippen LogP contribution in [0.3, 0.4) is 0 Å². The largest absolute Gasteiger partial charge is 0.324 e. The van der Waals surface area contributed by atoms with E-state index in [0.29, 0.717) is 5.69 Å². The number of likely N-dealkylation sites (N-methyl/N-ethyl adjacent to an activating group) is 1. The molecule has 3 rings (SSSR count). The van der Waals surface area contributed by atoms with Gasteiger partial charge in [-0.15, -0.1) is 0 Å². The van der Waals surface area contributed by atoms with E-state index in [4.69, 9.17) is 0 Å². The molecule has 1 heterocycles. The van der Waals surface area contributed by atoms with E-state index in [9.17, 15) is 18.0 Å². The van der Waals surface area contributed by atoms with E-state index >= 15 is 0 Å². The molecule has 0 spiro atoms. The Morgan fingerprint density at radius 2 is 1.65 bits per heavy atom. The van der Waals surface area contributed by atoms with E-state index in [-0.39, 0.29) is 10.5 Å². The summed E-state index contributed by atoms with van der Waals surface area (Å²) >= 11 is 0. The molecule has 118 valence electrons. The molecule has 1 unspecified atom stereocenters. The first-order valence-corrected chi connectivity index (χ1v) is 8.34. The summed E-state index contributed by atoms with van der Waals surface area (Å²) in [7, 11) is -2.65. The number of hydrogen-bond donors (Lipinski definition) is 1. The molecule has 0 fully saturated rings. The number of fused-ring (bicyclic) bond motifs is 1. The van der Waals surface area contributed by atoms with Gasteiger partial charge in [-0.25, -0.2) is 8.42 Å². The van der Waals surface area contributed by atoms with Gasteiger partial charge in [-0.05, 0) is 24.3 Å². The molecule has 1 atom stereocenters. The second-order valence-electron chi connectivity index (χ2n) is 5.14. The number of anilines is 1. The third-order valence-electron chi connectivity index (χ3n) is 3.71. The minimum absolute atomic E-state index is 0.0406. The Hall–Kier alpha value is -2.51. The van der Waals surface area contributed by atoms with Gasteiger partial charge in [0.15, 0.2) is 11.8 Å². The number of amides is 1. The number of nitrogens with one attached hydrogen (secondary N) is 1. The molecule has 2 aromatic rings. The molecule has 0 radical (unpaired) electrons. The maximum atomic E-state index is 12.6. The van der Waals surface area contributed by atoms with Gasteiger partial charge in [-0.3, -0.25) is 9.59 Å². The number of hydrogen-bond acceptors (Lipinski definition) is 4. The summed E-state index contributed by atoms with van der Waals surface area (Å²) in [6.45, 7) is 0. The number of Topliss-reactive ketones (excluding diaryl/α,β-unsaturated/α-hetero) is 1. The van der Waals surface area contributed by atoms with Crippen molar-refractivity contribution in [3.63, 3.8) is 0 Å². The lowest BCUT2D eigenvalue weighted by Crippen LogP contribution is -2.53. The third kappa shape index (κ3) is 2.54. The van der Waals surface area contributed by atoms with Crippen LogP contribution in [0.25, 0.3) is 0 Å². The number of benzene rings is 2. The summed E-state index contributed by atoms with van der Waals surface area (Å²) in [4.78, 5) is 25.0. The predicted octanol–water partition coefficient (Wildman–Crippen LogP) is 1.51. The van der Waals surface area contributed by atoms with Crippen molar-refractivity contribution in [2.24, 2.45) is 0 Å². The van der Waals surface area contributed by atoms with Gasteiger partial charge in [0, 0.05) is 18.3 Å². The fraction of sp³-hybridized carbons (Fsp3) is 0.125. The zero-order valence-electron chi connectivity index (χ0n) is 12.3. The van der Waals surface area contributed by atoms with E-state index in [1.807, 2.05) is 0 Å². The van der Waals surface area contributed by atoms with E-state index in [0.717, 1.165) is 4.31 Å². The molecule has 1 N–H and O–H groups in total. The van der Waals surface area contributed by atoms with Gasteiger partial charge < -0.3 is 5.32 Å². The van der Waals surface area contributed by atoms with Crippen LogP contribution in [0.5, 0.6) is 0 Å². The Morgan fingerprint density at radius 1 is 1.04 bits per heavy atom. The van der Waals surface area contributed by atoms with Gasteiger partial charge in [-0.1, -0.05) is 30.3 Å². The number of sulfonamides is 1. The lowest BCUT2D eigenvalue weighted by atomic mass is 10.0. The third-order valence-corrected chi connectivity index (χ3v) is 5.59. The van der Waals surface area contributed by atoms with Crippen LogP contribution in [0.4, 0.5) is 5.69 Å². The van der Waals surface area contributed by atoms with Gasteiger partial charge in [0.2, 0.25) is 10.0 Å². The van der Waals surface area contributed by atoms with Crippen molar-refractivity contribution < 1.29 is 18.0 Å². The summed E-state index contributed by atoms with van der Waals surface area (Å²) in [6, 6.07) is 13.0. The normalized spacial score (nSPS) is 19.9. The average Bonchev–Trinajstić information content (AvgIpc) is 2.54. The highest BCUT2D eigenvalue weighted by Crippen LogP contribution is 2.29. The van der Waals surface area contributed by atoms with Crippen LogP contribution >= 0.6 is 0 Å². The van der Waals surface area contributed by atoms with Crippen molar-refractivity contribution in [1.29, 1.82) is 0 Å². The standard InChI is InChI=1S/C16H14N2O4S/c1-18-14(16(20)17-11-7-3-2-4-8-11)15(19)12-9-5-6-10-13(12)23(18,21)22/h2-10,14H,1H3,(H,17,20). The van der Waals surface area contributed by atoms with Crippen LogP contribution in [0.15, 0.2) is 59.5 Å². The second kappa shape index (κ2) is 5.60. The molecule has 1 aliphatic heterocycles. The summed E-state index contributed by atoms with van der Waals surface area (Å²) in [5.74, 6) is -1.21. The number of para-hydroxylation sites is 1. The zero-order chi connectivity index (χ0) is 16.6. The number of nitrogens with zero attached hydrogens (tertiary/aromatic N) is 1. The molecule has 0 bridgehead atoms. The highest BCUT2D eigenvalue weighted by molar-refractivity contribution is 7.89. The van der Waals surface area contributed by atoms with Gasteiger partial charge in [0.1, 0.15) is 0 Å². The maximum Gasteiger partial charge on any atom is 0.250 e. The van der Waals surface area contributed by atoms with E-state index in [1.54, 1.807) is 42.5 Å². The zero-order valence-corrected chi connectivity index (χ0v) is 13.1. The molecular formula is C16H14N2O4S. The van der Waals surface area contributed by atoms with Gasteiger partial charge in [0.25, 0.3) is 5.91 Å². The first kappa shape index (κ1) is 15.4. The van der Waals surface area contributed by atoms with Crippen molar-refractivity contribution in [2.75, 3.05) is 12.4 Å². The monoisotopic (exact) mass is 330 g/mol. The molecule has 6 nitrogen and oxygen atoms in total. The van der Waals surface area contributed by atoms with Crippen LogP contribution in [-0.4, -0.2) is 37.5 Å². The van der Waals surface area contributed by atoms with Crippen LogP contribution in [0, 0.1) is 0 Å². The lowest BCUT2D eigenvalue weighted by Gasteiger charge is -2.30. The number of carbonyl (C=O) groups is 2. The fourth-order valence-corrected chi connectivity index (χ4v) is 3.99. The number of rotatable bonds is 2. The first-order valence-electron chi connectivity index (χ1n) is 6.90. The average molecular weight is 330 g/mol. The van der Waals surface area contributed by atoms with Crippen LogP contribution in [0.1, 0.15) is 10.4 Å². The highest BCUT2D eigenvalue weighted by atomic mass is 32.2. The SMILES string of the molecule is CN1C(C(=O)Nc2ccccc2)C(=O)c2ccccc2S1(=O)=O. The molecule has 0 saturated carbocycles. The Bertz CT molecular complexity index is 878. The van der Waals surface area contributed by atoms with Crippen molar-refractivity contribution in [1.82, 2.24) is 4.31 Å². The van der Waals surface area contributed by atoms with E-state index in [2.05, 4.69) is 5.32 Å². The first-order chi connectivity index (χ1) is 10.9. The topological polar surface area (TPSA) is 83.6 Å². The Kier molecular flexibility index (Phi) is 3.75. The second-order valence-corrected chi connectivity index (χ2v) is 7.11. The van der Waals surface area contributed by atoms with Crippen LogP contribution in [-0.2, 0) is 14.8 Å². The van der Waals surface area contributed by atoms with Gasteiger partial charge in [-0.2, -0.15) is 4.31 Å². The van der Waals surface area contributed by atoms with Crippen LogP contribution in [0.2, 0.25) is 0 Å². The smallest absolute Gasteiger partial charge is 0.250 e. The predicted molar refractivity (Wildman–Crippen MR) is 84.6 cm³/mol. The summed E-state index contributed by atoms with van der Waals surface area (Å²) in [6.07, 6.45) is 0. The summed E-state index contributed by atoms with van der Waals surface area (Å²) in [5, 5.41) is 2.58. The Balaban J connectivity index is 2.01. The number of carbonyl (C=O) groups excluding carboxylic acids is 2. The van der Waals surface area contributed by atoms with Crippen molar-refractivity contribution >= 4 is 27.4 Å². The molecular weight excluding hydrogens is 316 g/mol.